The predicted molar refractivity (Wildman–Crippen MR) is 35.5 cm³/mol. The van der Waals surface area contributed by atoms with Crippen molar-refractivity contribution in [2.24, 2.45) is 0 Å². The summed E-state index contributed by atoms with van der Waals surface area (Å²) in [7, 11) is 0. The molecule has 1 saturated heterocycles. The summed E-state index contributed by atoms with van der Waals surface area (Å²) in [5.41, 5.74) is 0. The van der Waals surface area contributed by atoms with Gasteiger partial charge in [-0.05, 0) is 0 Å². The molecule has 1 aliphatic rings. The van der Waals surface area contributed by atoms with Crippen molar-refractivity contribution < 1.29 is 34.8 Å². The van der Waals surface area contributed by atoms with Gasteiger partial charge in [0.05, 0.1) is 0 Å². The zero-order chi connectivity index (χ0) is 10.2. The van der Waals surface area contributed by atoms with E-state index in [0.29, 0.717) is 0 Å². The van der Waals surface area contributed by atoms with E-state index in [1.54, 1.807) is 0 Å². The van der Waals surface area contributed by atoms with Crippen molar-refractivity contribution in [2.45, 2.75) is 24.4 Å². The maximum Gasteiger partial charge on any atom is 0.347 e. The predicted octanol–water partition coefficient (Wildman–Crippen LogP) is -2.92. The Bertz CT molecular complexity index is 237. The lowest BCUT2D eigenvalue weighted by Crippen LogP contribution is -2.57. The van der Waals surface area contributed by atoms with Gasteiger partial charge >= 0.3 is 11.9 Å². The molecule has 7 nitrogen and oxygen atoms in total. The minimum atomic E-state index is -1.90. The van der Waals surface area contributed by atoms with Crippen LogP contribution in [0.1, 0.15) is 0 Å². The standard InChI is InChI=1S/C6H8O7/c7-1-2(8)4(5(10)11)13-6(12)3(1)9/h1-4,7-9H,(H,10,11). The molecular weight excluding hydrogens is 184 g/mol. The van der Waals surface area contributed by atoms with Crippen LogP contribution in [0.3, 0.4) is 0 Å². The summed E-state index contributed by atoms with van der Waals surface area (Å²) < 4.78 is 4.14. The van der Waals surface area contributed by atoms with Crippen LogP contribution in [-0.2, 0) is 14.3 Å². The first-order valence-corrected chi connectivity index (χ1v) is 3.42. The highest BCUT2D eigenvalue weighted by atomic mass is 16.6. The molecule has 0 saturated carbocycles. The second kappa shape index (κ2) is 3.29. The van der Waals surface area contributed by atoms with Crippen molar-refractivity contribution in [1.29, 1.82) is 0 Å². The first kappa shape index (κ1) is 9.90. The van der Waals surface area contributed by atoms with Crippen molar-refractivity contribution in [3.05, 3.63) is 0 Å². The van der Waals surface area contributed by atoms with E-state index in [1.807, 2.05) is 0 Å². The average Bonchev–Trinajstić information content (AvgIpc) is 2.07. The van der Waals surface area contributed by atoms with Gasteiger partial charge in [0.2, 0.25) is 6.10 Å². The smallest absolute Gasteiger partial charge is 0.347 e. The van der Waals surface area contributed by atoms with Gasteiger partial charge in [0, 0.05) is 0 Å². The molecule has 4 atom stereocenters. The second-order valence-corrected chi connectivity index (χ2v) is 2.62. The molecule has 4 unspecified atom stereocenters. The first-order chi connectivity index (χ1) is 5.95. The van der Waals surface area contributed by atoms with Gasteiger partial charge in [-0.25, -0.2) is 9.59 Å². The van der Waals surface area contributed by atoms with Crippen LogP contribution in [-0.4, -0.2) is 56.8 Å². The number of carboxylic acid groups (broad SMARTS) is 1. The van der Waals surface area contributed by atoms with Crippen molar-refractivity contribution in [2.75, 3.05) is 0 Å². The van der Waals surface area contributed by atoms with Crippen LogP contribution in [0.15, 0.2) is 0 Å². The molecule has 0 aromatic carbocycles. The molecule has 13 heavy (non-hydrogen) atoms. The third kappa shape index (κ3) is 1.62. The van der Waals surface area contributed by atoms with Crippen LogP contribution in [0.5, 0.6) is 0 Å². The molecule has 74 valence electrons. The fraction of sp³-hybridized carbons (Fsp3) is 0.667. The van der Waals surface area contributed by atoms with Crippen molar-refractivity contribution in [3.63, 3.8) is 0 Å². The molecule has 1 aliphatic heterocycles. The molecule has 0 spiro atoms. The Kier molecular flexibility index (Phi) is 2.50. The molecule has 1 heterocycles. The van der Waals surface area contributed by atoms with Crippen LogP contribution in [0.2, 0.25) is 0 Å². The van der Waals surface area contributed by atoms with E-state index in [0.717, 1.165) is 0 Å². The van der Waals surface area contributed by atoms with E-state index in [2.05, 4.69) is 4.74 Å². The molecule has 0 radical (unpaired) electrons. The highest BCUT2D eigenvalue weighted by molar-refractivity contribution is 5.83. The van der Waals surface area contributed by atoms with Crippen LogP contribution < -0.4 is 0 Å². The highest BCUT2D eigenvalue weighted by Crippen LogP contribution is 2.16. The van der Waals surface area contributed by atoms with Crippen LogP contribution >= 0.6 is 0 Å². The number of hydrogen-bond acceptors (Lipinski definition) is 6. The number of cyclic esters (lactones) is 1. The summed E-state index contributed by atoms with van der Waals surface area (Å²) in [6, 6.07) is 0. The number of hydrogen-bond donors (Lipinski definition) is 4. The molecule has 4 N–H and O–H groups in total. The fourth-order valence-corrected chi connectivity index (χ4v) is 0.966. The van der Waals surface area contributed by atoms with Gasteiger partial charge in [-0.3, -0.25) is 0 Å². The Labute approximate surface area is 72.2 Å². The SMILES string of the molecule is O=C1OC(C(=O)O)C(O)C(O)C1O. The largest absolute Gasteiger partial charge is 0.478 e. The third-order valence-corrected chi connectivity index (χ3v) is 1.71. The molecule has 7 heteroatoms. The number of rotatable bonds is 1. The summed E-state index contributed by atoms with van der Waals surface area (Å²) >= 11 is 0. The number of aliphatic hydroxyl groups excluding tert-OH is 3. The average molecular weight is 192 g/mol. The number of aliphatic hydroxyl groups is 3. The summed E-state index contributed by atoms with van der Waals surface area (Å²) in [6.45, 7) is 0. The lowest BCUT2D eigenvalue weighted by atomic mass is 10.00. The lowest BCUT2D eigenvalue weighted by Gasteiger charge is -2.31. The molecule has 0 bridgehead atoms. The molecule has 1 rings (SSSR count). The van der Waals surface area contributed by atoms with Crippen molar-refractivity contribution in [3.8, 4) is 0 Å². The first-order valence-electron chi connectivity index (χ1n) is 3.42. The number of aliphatic carboxylic acids is 1. The molecular formula is C6H8O7. The Morgan fingerprint density at radius 3 is 2.23 bits per heavy atom. The normalized spacial score (nSPS) is 39.8. The Hall–Kier alpha value is -1.18. The lowest BCUT2D eigenvalue weighted by molar-refractivity contribution is -0.209. The van der Waals surface area contributed by atoms with E-state index in [4.69, 9.17) is 20.4 Å². The van der Waals surface area contributed by atoms with Gasteiger partial charge in [0.15, 0.2) is 6.10 Å². The minimum Gasteiger partial charge on any atom is -0.478 e. The van der Waals surface area contributed by atoms with Gasteiger partial charge in [-0.1, -0.05) is 0 Å². The van der Waals surface area contributed by atoms with Gasteiger partial charge in [-0.2, -0.15) is 0 Å². The van der Waals surface area contributed by atoms with E-state index in [-0.39, 0.29) is 0 Å². The van der Waals surface area contributed by atoms with Gasteiger partial charge < -0.3 is 25.2 Å². The molecule has 0 amide bonds. The second-order valence-electron chi connectivity index (χ2n) is 2.62. The van der Waals surface area contributed by atoms with E-state index >= 15 is 0 Å². The quantitative estimate of drug-likeness (QED) is 0.328. The third-order valence-electron chi connectivity index (χ3n) is 1.71. The highest BCUT2D eigenvalue weighted by Gasteiger charge is 2.46. The summed E-state index contributed by atoms with van der Waals surface area (Å²) in [5, 5.41) is 35.2. The minimum absolute atomic E-state index is 1.26. The van der Waals surface area contributed by atoms with Crippen LogP contribution in [0.4, 0.5) is 0 Å². The van der Waals surface area contributed by atoms with Crippen molar-refractivity contribution in [1.82, 2.24) is 0 Å². The number of carbonyl (C=O) groups is 2. The Balaban J connectivity index is 2.82. The van der Waals surface area contributed by atoms with Gasteiger partial charge in [-0.15, -0.1) is 0 Å². The maximum absolute atomic E-state index is 10.7. The Morgan fingerprint density at radius 1 is 1.23 bits per heavy atom. The van der Waals surface area contributed by atoms with E-state index in [9.17, 15) is 9.59 Å². The van der Waals surface area contributed by atoms with Crippen LogP contribution in [0, 0.1) is 0 Å². The molecule has 0 aliphatic carbocycles. The molecule has 0 aromatic rings. The van der Waals surface area contributed by atoms with E-state index < -0.39 is 36.4 Å². The maximum atomic E-state index is 10.7. The zero-order valence-corrected chi connectivity index (χ0v) is 6.32. The van der Waals surface area contributed by atoms with Gasteiger partial charge in [0.1, 0.15) is 12.2 Å². The molecule has 1 fully saturated rings. The van der Waals surface area contributed by atoms with E-state index in [1.165, 1.54) is 0 Å². The number of esters is 1. The summed E-state index contributed by atoms with van der Waals surface area (Å²) in [6.07, 6.45) is -7.37. The fourth-order valence-electron chi connectivity index (χ4n) is 0.966. The molecule has 0 aromatic heterocycles. The summed E-state index contributed by atoms with van der Waals surface area (Å²) in [4.78, 5) is 21.0. The van der Waals surface area contributed by atoms with Crippen LogP contribution in [0.25, 0.3) is 0 Å². The monoisotopic (exact) mass is 192 g/mol. The Morgan fingerprint density at radius 2 is 1.77 bits per heavy atom. The number of ether oxygens (including phenoxy) is 1. The number of carboxylic acids is 1. The van der Waals surface area contributed by atoms with Crippen molar-refractivity contribution >= 4 is 11.9 Å². The zero-order valence-electron chi connectivity index (χ0n) is 6.32. The summed E-state index contributed by atoms with van der Waals surface area (Å²) in [5.74, 6) is -2.84. The number of carbonyl (C=O) groups excluding carboxylic acids is 1. The topological polar surface area (TPSA) is 124 Å². The van der Waals surface area contributed by atoms with Gasteiger partial charge in [0.25, 0.3) is 0 Å².